The number of hydrogen-bond donors (Lipinski definition) is 0. The lowest BCUT2D eigenvalue weighted by molar-refractivity contribution is -0.131. The molecule has 1 fully saturated rings. The third-order valence-corrected chi connectivity index (χ3v) is 5.85. The molecule has 2 aromatic heterocycles. The molecule has 8 nitrogen and oxygen atoms in total. The molecule has 0 bridgehead atoms. The van der Waals surface area contributed by atoms with E-state index < -0.39 is 0 Å². The van der Waals surface area contributed by atoms with Crippen LogP contribution in [0.25, 0.3) is 0 Å². The Labute approximate surface area is 197 Å². The van der Waals surface area contributed by atoms with Crippen LogP contribution >= 0.6 is 11.6 Å². The summed E-state index contributed by atoms with van der Waals surface area (Å²) >= 11 is 6.10. The van der Waals surface area contributed by atoms with Crippen LogP contribution in [0.2, 0.25) is 5.02 Å². The van der Waals surface area contributed by atoms with Crippen LogP contribution in [0.1, 0.15) is 28.4 Å². The summed E-state index contributed by atoms with van der Waals surface area (Å²) in [5.74, 6) is 0.386. The Morgan fingerprint density at radius 3 is 2.58 bits per heavy atom. The van der Waals surface area contributed by atoms with Crippen LogP contribution in [0.5, 0.6) is 0 Å². The molecule has 3 heterocycles. The maximum atomic E-state index is 13.0. The molecule has 0 N–H and O–H groups in total. The summed E-state index contributed by atoms with van der Waals surface area (Å²) in [4.78, 5) is 40.0. The van der Waals surface area contributed by atoms with Gasteiger partial charge < -0.3 is 19.1 Å². The van der Waals surface area contributed by atoms with Crippen molar-refractivity contribution < 1.29 is 14.0 Å². The minimum absolute atomic E-state index is 0.0213. The van der Waals surface area contributed by atoms with Crippen LogP contribution in [0.15, 0.2) is 59.5 Å². The number of anilines is 1. The lowest BCUT2D eigenvalue weighted by Gasteiger charge is -2.36. The number of carbonyl (C=O) groups excluding carboxylic acids is 2. The second-order valence-corrected chi connectivity index (χ2v) is 8.38. The van der Waals surface area contributed by atoms with Gasteiger partial charge in [-0.25, -0.2) is 4.98 Å². The highest BCUT2D eigenvalue weighted by Crippen LogP contribution is 2.21. The third kappa shape index (κ3) is 5.90. The molecular weight excluding hydrogens is 442 g/mol. The second-order valence-electron chi connectivity index (χ2n) is 7.95. The molecule has 0 aliphatic carbocycles. The fourth-order valence-corrected chi connectivity index (χ4v) is 3.97. The quantitative estimate of drug-likeness (QED) is 0.529. The largest absolute Gasteiger partial charge is 0.467 e. The highest BCUT2D eigenvalue weighted by molar-refractivity contribution is 6.30. The molecule has 1 aliphatic heterocycles. The monoisotopic (exact) mass is 467 g/mol. The number of aromatic nitrogens is 2. The minimum Gasteiger partial charge on any atom is -0.467 e. The highest BCUT2D eigenvalue weighted by atomic mass is 35.5. The van der Waals surface area contributed by atoms with E-state index in [1.807, 2.05) is 36.1 Å². The Morgan fingerprint density at radius 1 is 1.09 bits per heavy atom. The molecule has 33 heavy (non-hydrogen) atoms. The minimum atomic E-state index is -0.280. The van der Waals surface area contributed by atoms with Crippen molar-refractivity contribution in [2.45, 2.75) is 19.9 Å². The number of piperazine rings is 1. The van der Waals surface area contributed by atoms with Crippen LogP contribution in [-0.4, -0.2) is 64.3 Å². The van der Waals surface area contributed by atoms with Crippen molar-refractivity contribution in [3.05, 3.63) is 77.2 Å². The van der Waals surface area contributed by atoms with Gasteiger partial charge in [-0.2, -0.15) is 0 Å². The van der Waals surface area contributed by atoms with Crippen molar-refractivity contribution in [2.75, 3.05) is 37.6 Å². The fraction of sp³-hybridized carbons (Fsp3) is 0.333. The first-order valence-electron chi connectivity index (χ1n) is 10.9. The van der Waals surface area contributed by atoms with E-state index in [4.69, 9.17) is 16.0 Å². The number of nitrogens with zero attached hydrogens (tertiary/aromatic N) is 5. The van der Waals surface area contributed by atoms with Gasteiger partial charge in [-0.3, -0.25) is 14.6 Å². The molecule has 1 aliphatic rings. The van der Waals surface area contributed by atoms with Crippen LogP contribution in [0, 0.1) is 6.92 Å². The van der Waals surface area contributed by atoms with Crippen LogP contribution in [0.4, 0.5) is 5.69 Å². The van der Waals surface area contributed by atoms with Gasteiger partial charge in [0.25, 0.3) is 5.91 Å². The van der Waals surface area contributed by atoms with Gasteiger partial charge >= 0.3 is 0 Å². The lowest BCUT2D eigenvalue weighted by atomic mass is 10.2. The Bertz CT molecular complexity index is 1080. The lowest BCUT2D eigenvalue weighted by Crippen LogP contribution is -2.49. The Morgan fingerprint density at radius 2 is 1.91 bits per heavy atom. The molecule has 1 aromatic carbocycles. The number of rotatable bonds is 7. The number of carbonyl (C=O) groups is 2. The highest BCUT2D eigenvalue weighted by Gasteiger charge is 2.24. The van der Waals surface area contributed by atoms with E-state index >= 15 is 0 Å². The summed E-state index contributed by atoms with van der Waals surface area (Å²) in [6.07, 6.45) is 4.81. The standard InChI is InChI=1S/C24H26ClN5O3/c1-18-15-27-22(16-26-18)24(32)30(17-21-6-3-13-33-21)8-7-23(31)29-11-9-28(10-12-29)20-5-2-4-19(25)14-20/h2-6,13-16H,7-12,17H2,1H3. The maximum absolute atomic E-state index is 13.0. The van der Waals surface area contributed by atoms with E-state index in [0.717, 1.165) is 24.5 Å². The Balaban J connectivity index is 1.35. The van der Waals surface area contributed by atoms with Crippen LogP contribution < -0.4 is 4.90 Å². The topological polar surface area (TPSA) is 82.8 Å². The average molecular weight is 468 g/mol. The van der Waals surface area contributed by atoms with Crippen molar-refractivity contribution in [1.82, 2.24) is 19.8 Å². The molecule has 0 radical (unpaired) electrons. The van der Waals surface area contributed by atoms with Gasteiger partial charge in [-0.1, -0.05) is 17.7 Å². The number of halogens is 1. The van der Waals surface area contributed by atoms with E-state index in [1.54, 1.807) is 29.5 Å². The SMILES string of the molecule is Cc1cnc(C(=O)N(CCC(=O)N2CCN(c3cccc(Cl)c3)CC2)Cc2ccco2)cn1. The van der Waals surface area contributed by atoms with Gasteiger partial charge in [0.15, 0.2) is 0 Å². The number of furan rings is 1. The van der Waals surface area contributed by atoms with E-state index in [0.29, 0.717) is 23.9 Å². The smallest absolute Gasteiger partial charge is 0.274 e. The molecule has 0 unspecified atom stereocenters. The summed E-state index contributed by atoms with van der Waals surface area (Å²) in [7, 11) is 0. The normalized spacial score (nSPS) is 13.8. The molecule has 0 atom stereocenters. The van der Waals surface area contributed by atoms with Crippen LogP contribution in [-0.2, 0) is 11.3 Å². The second kappa shape index (κ2) is 10.5. The van der Waals surface area contributed by atoms with Crippen molar-refractivity contribution >= 4 is 29.1 Å². The van der Waals surface area contributed by atoms with Crippen molar-refractivity contribution in [3.63, 3.8) is 0 Å². The Hall–Kier alpha value is -3.39. The summed E-state index contributed by atoms with van der Waals surface area (Å²) in [5.41, 5.74) is 2.04. The number of hydrogen-bond acceptors (Lipinski definition) is 6. The molecule has 9 heteroatoms. The zero-order valence-electron chi connectivity index (χ0n) is 18.5. The number of amides is 2. The summed E-state index contributed by atoms with van der Waals surface area (Å²) in [6, 6.07) is 11.3. The first-order chi connectivity index (χ1) is 16.0. The molecule has 1 saturated heterocycles. The Kier molecular flexibility index (Phi) is 7.24. The van der Waals surface area contributed by atoms with Crippen molar-refractivity contribution in [1.29, 1.82) is 0 Å². The first-order valence-corrected chi connectivity index (χ1v) is 11.3. The van der Waals surface area contributed by atoms with Crippen molar-refractivity contribution in [3.8, 4) is 0 Å². The van der Waals surface area contributed by atoms with E-state index in [1.165, 1.54) is 6.20 Å². The molecule has 4 rings (SSSR count). The molecule has 2 amide bonds. The predicted molar refractivity (Wildman–Crippen MR) is 125 cm³/mol. The predicted octanol–water partition coefficient (Wildman–Crippen LogP) is 3.41. The summed E-state index contributed by atoms with van der Waals surface area (Å²) < 4.78 is 5.41. The van der Waals surface area contributed by atoms with Gasteiger partial charge in [0.1, 0.15) is 11.5 Å². The van der Waals surface area contributed by atoms with E-state index in [-0.39, 0.29) is 37.0 Å². The molecule has 3 aromatic rings. The molecule has 0 saturated carbocycles. The third-order valence-electron chi connectivity index (χ3n) is 5.62. The first kappa shape index (κ1) is 22.8. The fourth-order valence-electron chi connectivity index (χ4n) is 3.78. The zero-order chi connectivity index (χ0) is 23.2. The summed E-state index contributed by atoms with van der Waals surface area (Å²) in [5, 5.41) is 0.700. The molecular formula is C24H26ClN5O3. The van der Waals surface area contributed by atoms with Gasteiger partial charge in [0.05, 0.1) is 24.7 Å². The zero-order valence-corrected chi connectivity index (χ0v) is 19.2. The van der Waals surface area contributed by atoms with Crippen LogP contribution in [0.3, 0.4) is 0 Å². The van der Waals surface area contributed by atoms with E-state index in [2.05, 4.69) is 14.9 Å². The number of aryl methyl sites for hydroxylation is 1. The maximum Gasteiger partial charge on any atom is 0.274 e. The van der Waals surface area contributed by atoms with Gasteiger partial charge in [0, 0.05) is 56.1 Å². The van der Waals surface area contributed by atoms with Crippen molar-refractivity contribution in [2.24, 2.45) is 0 Å². The molecule has 172 valence electrons. The van der Waals surface area contributed by atoms with Gasteiger partial charge in [-0.15, -0.1) is 0 Å². The van der Waals surface area contributed by atoms with Gasteiger partial charge in [0.2, 0.25) is 5.91 Å². The van der Waals surface area contributed by atoms with E-state index in [9.17, 15) is 9.59 Å². The summed E-state index contributed by atoms with van der Waals surface area (Å²) in [6.45, 7) is 5.06. The van der Waals surface area contributed by atoms with Gasteiger partial charge in [-0.05, 0) is 37.3 Å². The average Bonchev–Trinajstić information content (AvgIpc) is 3.35. The molecule has 0 spiro atoms. The number of benzene rings is 1.